The van der Waals surface area contributed by atoms with Gasteiger partial charge in [-0.05, 0) is 49.2 Å². The van der Waals surface area contributed by atoms with Crippen LogP contribution in [0.3, 0.4) is 0 Å². The predicted molar refractivity (Wildman–Crippen MR) is 83.2 cm³/mol. The molecular formula is C17H17FN4. The number of hydrogen-bond acceptors (Lipinski definition) is 3. The fourth-order valence-corrected chi connectivity index (χ4v) is 2.98. The lowest BCUT2D eigenvalue weighted by molar-refractivity contribution is 0.447. The second kappa shape index (κ2) is 5.50. The summed E-state index contributed by atoms with van der Waals surface area (Å²) in [7, 11) is 0. The van der Waals surface area contributed by atoms with E-state index in [-0.39, 0.29) is 5.82 Å². The van der Waals surface area contributed by atoms with Crippen molar-refractivity contribution in [3.05, 3.63) is 54.2 Å². The number of nitrogens with zero attached hydrogens (tertiary/aromatic N) is 3. The average molecular weight is 296 g/mol. The Morgan fingerprint density at radius 1 is 1.18 bits per heavy atom. The minimum Gasteiger partial charge on any atom is -0.316 e. The second-order valence-electron chi connectivity index (χ2n) is 5.74. The van der Waals surface area contributed by atoms with Crippen molar-refractivity contribution in [2.75, 3.05) is 13.1 Å². The van der Waals surface area contributed by atoms with Gasteiger partial charge < -0.3 is 5.32 Å². The summed E-state index contributed by atoms with van der Waals surface area (Å²) in [6, 6.07) is 10.5. The molecule has 0 spiro atoms. The molecule has 0 saturated carbocycles. The van der Waals surface area contributed by atoms with Crippen molar-refractivity contribution >= 4 is 5.65 Å². The largest absolute Gasteiger partial charge is 0.316 e. The third kappa shape index (κ3) is 2.48. The van der Waals surface area contributed by atoms with Gasteiger partial charge in [0.1, 0.15) is 5.82 Å². The van der Waals surface area contributed by atoms with Gasteiger partial charge in [-0.25, -0.2) is 13.9 Å². The van der Waals surface area contributed by atoms with Gasteiger partial charge in [-0.15, -0.1) is 0 Å². The molecule has 0 amide bonds. The van der Waals surface area contributed by atoms with E-state index in [0.717, 1.165) is 48.5 Å². The van der Waals surface area contributed by atoms with Crippen LogP contribution >= 0.6 is 0 Å². The van der Waals surface area contributed by atoms with Crippen LogP contribution in [-0.2, 0) is 0 Å². The summed E-state index contributed by atoms with van der Waals surface area (Å²) in [6.45, 7) is 2.02. The summed E-state index contributed by atoms with van der Waals surface area (Å²) in [5.41, 5.74) is 2.62. The van der Waals surface area contributed by atoms with Crippen LogP contribution in [0.1, 0.15) is 24.6 Å². The maximum absolute atomic E-state index is 13.4. The van der Waals surface area contributed by atoms with Crippen molar-refractivity contribution in [3.63, 3.8) is 0 Å². The number of pyridine rings is 1. The van der Waals surface area contributed by atoms with Crippen molar-refractivity contribution in [2.24, 2.45) is 0 Å². The van der Waals surface area contributed by atoms with Crippen LogP contribution in [0, 0.1) is 5.82 Å². The Morgan fingerprint density at radius 3 is 2.95 bits per heavy atom. The van der Waals surface area contributed by atoms with E-state index in [4.69, 9.17) is 0 Å². The van der Waals surface area contributed by atoms with E-state index < -0.39 is 0 Å². The molecule has 0 radical (unpaired) electrons. The highest BCUT2D eigenvalue weighted by Crippen LogP contribution is 2.23. The average Bonchev–Trinajstić information content (AvgIpc) is 2.99. The molecule has 1 aliphatic rings. The van der Waals surface area contributed by atoms with Gasteiger partial charge in [0.25, 0.3) is 0 Å². The van der Waals surface area contributed by atoms with Crippen LogP contribution in [0.25, 0.3) is 16.8 Å². The van der Waals surface area contributed by atoms with Crippen molar-refractivity contribution in [3.8, 4) is 11.1 Å². The van der Waals surface area contributed by atoms with E-state index in [1.165, 1.54) is 12.1 Å². The molecule has 1 aromatic carbocycles. The molecule has 1 saturated heterocycles. The Hall–Kier alpha value is -2.27. The molecule has 5 heteroatoms. The normalized spacial score (nSPS) is 18.7. The van der Waals surface area contributed by atoms with E-state index in [1.54, 1.807) is 10.6 Å². The number of rotatable bonds is 2. The van der Waals surface area contributed by atoms with E-state index >= 15 is 0 Å². The summed E-state index contributed by atoms with van der Waals surface area (Å²) >= 11 is 0. The number of benzene rings is 1. The first-order chi connectivity index (χ1) is 10.8. The number of fused-ring (bicyclic) bond motifs is 1. The monoisotopic (exact) mass is 296 g/mol. The number of aromatic nitrogens is 3. The molecule has 22 heavy (non-hydrogen) atoms. The van der Waals surface area contributed by atoms with Crippen LogP contribution in [-0.4, -0.2) is 27.7 Å². The van der Waals surface area contributed by atoms with Gasteiger partial charge in [-0.1, -0.05) is 12.1 Å². The molecule has 4 rings (SSSR count). The Bertz CT molecular complexity index is 805. The fourth-order valence-electron chi connectivity index (χ4n) is 2.98. The first kappa shape index (κ1) is 13.4. The first-order valence-electron chi connectivity index (χ1n) is 7.62. The van der Waals surface area contributed by atoms with Crippen molar-refractivity contribution in [1.29, 1.82) is 0 Å². The summed E-state index contributed by atoms with van der Waals surface area (Å²) in [6.07, 6.45) is 4.20. The zero-order valence-corrected chi connectivity index (χ0v) is 12.2. The van der Waals surface area contributed by atoms with Gasteiger partial charge in [0, 0.05) is 24.2 Å². The number of hydrogen-bond donors (Lipinski definition) is 1. The fraction of sp³-hybridized carbons (Fsp3) is 0.294. The first-order valence-corrected chi connectivity index (χ1v) is 7.62. The minimum absolute atomic E-state index is 0.231. The zero-order valence-electron chi connectivity index (χ0n) is 12.2. The van der Waals surface area contributed by atoms with Crippen LogP contribution in [0.2, 0.25) is 0 Å². The van der Waals surface area contributed by atoms with Gasteiger partial charge in [0.2, 0.25) is 0 Å². The van der Waals surface area contributed by atoms with Crippen LogP contribution in [0.4, 0.5) is 4.39 Å². The topological polar surface area (TPSA) is 42.2 Å². The highest BCUT2D eigenvalue weighted by Gasteiger charge is 2.19. The lowest BCUT2D eigenvalue weighted by Gasteiger charge is -2.19. The summed E-state index contributed by atoms with van der Waals surface area (Å²) in [5, 5.41) is 8.01. The van der Waals surface area contributed by atoms with Crippen molar-refractivity contribution < 1.29 is 4.39 Å². The molecule has 112 valence electrons. The smallest absolute Gasteiger partial charge is 0.156 e. The van der Waals surface area contributed by atoms with Gasteiger partial charge in [0.05, 0.1) is 0 Å². The lowest BCUT2D eigenvalue weighted by Crippen LogP contribution is -2.28. The number of halogens is 1. The second-order valence-corrected chi connectivity index (χ2v) is 5.74. The van der Waals surface area contributed by atoms with E-state index in [1.807, 2.05) is 24.4 Å². The Balaban J connectivity index is 1.71. The molecule has 1 fully saturated rings. The number of piperidine rings is 1. The Labute approximate surface area is 128 Å². The predicted octanol–water partition coefficient (Wildman–Crippen LogP) is 3.00. The Morgan fingerprint density at radius 2 is 2.14 bits per heavy atom. The molecule has 1 N–H and O–H groups in total. The quantitative estimate of drug-likeness (QED) is 0.790. The van der Waals surface area contributed by atoms with E-state index in [9.17, 15) is 4.39 Å². The minimum atomic E-state index is -0.231. The number of nitrogens with one attached hydrogen (secondary N) is 1. The zero-order chi connectivity index (χ0) is 14.9. The molecule has 1 atom stereocenters. The third-order valence-corrected chi connectivity index (χ3v) is 4.17. The van der Waals surface area contributed by atoms with E-state index in [2.05, 4.69) is 15.4 Å². The summed E-state index contributed by atoms with van der Waals surface area (Å²) in [5.74, 6) is 1.04. The van der Waals surface area contributed by atoms with Crippen molar-refractivity contribution in [2.45, 2.75) is 18.8 Å². The summed E-state index contributed by atoms with van der Waals surface area (Å²) in [4.78, 5) is 4.63. The molecule has 0 unspecified atom stereocenters. The standard InChI is InChI=1S/C17H17FN4/c18-15-5-1-3-12(9-15)14-6-7-16-20-17(21-22(16)11-14)13-4-2-8-19-10-13/h1,3,5-7,9,11,13,19H,2,4,8,10H2/t13-/m1/s1. The molecule has 2 aromatic heterocycles. The van der Waals surface area contributed by atoms with Crippen LogP contribution in [0.5, 0.6) is 0 Å². The van der Waals surface area contributed by atoms with Gasteiger partial charge in [-0.3, -0.25) is 0 Å². The highest BCUT2D eigenvalue weighted by atomic mass is 19.1. The van der Waals surface area contributed by atoms with Gasteiger partial charge in [0.15, 0.2) is 11.5 Å². The van der Waals surface area contributed by atoms with E-state index in [0.29, 0.717) is 5.92 Å². The molecule has 0 aliphatic carbocycles. The maximum atomic E-state index is 13.4. The third-order valence-electron chi connectivity index (χ3n) is 4.17. The molecule has 0 bridgehead atoms. The molecule has 3 heterocycles. The highest BCUT2D eigenvalue weighted by molar-refractivity contribution is 5.64. The molecular weight excluding hydrogens is 279 g/mol. The van der Waals surface area contributed by atoms with Crippen LogP contribution < -0.4 is 5.32 Å². The van der Waals surface area contributed by atoms with Gasteiger partial charge >= 0.3 is 0 Å². The maximum Gasteiger partial charge on any atom is 0.156 e. The summed E-state index contributed by atoms with van der Waals surface area (Å²) < 4.78 is 15.2. The van der Waals surface area contributed by atoms with Crippen LogP contribution in [0.15, 0.2) is 42.6 Å². The SMILES string of the molecule is Fc1cccc(-c2ccc3nc([C@@H]4CCCNC4)nn3c2)c1. The molecule has 1 aliphatic heterocycles. The lowest BCUT2D eigenvalue weighted by atomic mass is 9.99. The van der Waals surface area contributed by atoms with Gasteiger partial charge in [-0.2, -0.15) is 5.10 Å². The molecule has 3 aromatic rings. The molecule has 4 nitrogen and oxygen atoms in total. The van der Waals surface area contributed by atoms with Crippen molar-refractivity contribution in [1.82, 2.24) is 19.9 Å². The Kier molecular flexibility index (Phi) is 3.35.